The molecule has 0 saturated heterocycles. The third kappa shape index (κ3) is 1.35. The maximum absolute atomic E-state index is 11.7. The summed E-state index contributed by atoms with van der Waals surface area (Å²) in [5.74, 6) is -0.462. The zero-order valence-electron chi connectivity index (χ0n) is 9.72. The highest BCUT2D eigenvalue weighted by Gasteiger charge is 2.17. The van der Waals surface area contributed by atoms with E-state index in [1.807, 2.05) is 0 Å². The van der Waals surface area contributed by atoms with Crippen LogP contribution in [-0.2, 0) is 10.2 Å². The Labute approximate surface area is 76.0 Å². The maximum atomic E-state index is 11.7. The van der Waals surface area contributed by atoms with Crippen molar-refractivity contribution in [3.8, 4) is 0 Å². The van der Waals surface area contributed by atoms with Gasteiger partial charge in [-0.05, 0) is 6.85 Å². The molecule has 1 aromatic heterocycles. The molecule has 1 aromatic rings. The van der Waals surface area contributed by atoms with E-state index < -0.39 is 22.9 Å². The molecule has 0 saturated carbocycles. The molecular formula is C6H11N3O2S. The zero-order chi connectivity index (χ0) is 11.9. The smallest absolute Gasteiger partial charge is 0.241 e. The van der Waals surface area contributed by atoms with Gasteiger partial charge in [-0.3, -0.25) is 0 Å². The van der Waals surface area contributed by atoms with Gasteiger partial charge in [0.15, 0.2) is 0 Å². The van der Waals surface area contributed by atoms with E-state index in [2.05, 4.69) is 4.98 Å². The Morgan fingerprint density at radius 1 is 1.67 bits per heavy atom. The van der Waals surface area contributed by atoms with Gasteiger partial charge in [0.1, 0.15) is 5.82 Å². The molecule has 0 aliphatic rings. The van der Waals surface area contributed by atoms with E-state index in [0.29, 0.717) is 3.97 Å². The third-order valence-corrected chi connectivity index (χ3v) is 3.03. The summed E-state index contributed by atoms with van der Waals surface area (Å²) in [5, 5.41) is 0. The summed E-state index contributed by atoms with van der Waals surface area (Å²) in [6.07, 6.45) is 2.25. The van der Waals surface area contributed by atoms with Crippen LogP contribution in [0.4, 0.5) is 0 Å². The van der Waals surface area contributed by atoms with Crippen LogP contribution in [0.15, 0.2) is 12.4 Å². The molecule has 0 aliphatic carbocycles. The third-order valence-electron chi connectivity index (χ3n) is 1.32. The molecule has 6 heteroatoms. The first-order valence-electron chi connectivity index (χ1n) is 4.64. The molecule has 68 valence electrons. The van der Waals surface area contributed by atoms with Crippen LogP contribution in [0.3, 0.4) is 0 Å². The Morgan fingerprint density at radius 2 is 2.33 bits per heavy atom. The van der Waals surface area contributed by atoms with Gasteiger partial charge in [-0.25, -0.2) is 8.96 Å². The van der Waals surface area contributed by atoms with Gasteiger partial charge >= 0.3 is 10.2 Å². The van der Waals surface area contributed by atoms with Crippen LogP contribution in [0.25, 0.3) is 0 Å². The van der Waals surface area contributed by atoms with E-state index in [0.717, 1.165) is 16.7 Å². The molecule has 0 spiro atoms. The van der Waals surface area contributed by atoms with Gasteiger partial charge < -0.3 is 0 Å². The van der Waals surface area contributed by atoms with Crippen LogP contribution >= 0.6 is 0 Å². The topological polar surface area (TPSA) is 55.2 Å². The zero-order valence-corrected chi connectivity index (χ0v) is 7.54. The molecule has 0 bridgehead atoms. The summed E-state index contributed by atoms with van der Waals surface area (Å²) in [5.41, 5.74) is 0. The molecule has 0 unspecified atom stereocenters. The van der Waals surface area contributed by atoms with E-state index in [1.54, 1.807) is 0 Å². The van der Waals surface area contributed by atoms with E-state index in [9.17, 15) is 8.42 Å². The van der Waals surface area contributed by atoms with Crippen molar-refractivity contribution in [3.63, 3.8) is 0 Å². The Hall–Kier alpha value is -0.880. The molecule has 12 heavy (non-hydrogen) atoms. The molecule has 1 rings (SSSR count). The molecule has 0 radical (unpaired) electrons. The Morgan fingerprint density at radius 3 is 2.83 bits per heavy atom. The largest absolute Gasteiger partial charge is 0.308 e. The Kier molecular flexibility index (Phi) is 1.37. The first-order valence-corrected chi connectivity index (χ1v) is 4.54. The van der Waals surface area contributed by atoms with Crippen molar-refractivity contribution in [2.45, 2.75) is 6.85 Å². The maximum Gasteiger partial charge on any atom is 0.308 e. The highest BCUT2D eigenvalue weighted by atomic mass is 32.2. The van der Waals surface area contributed by atoms with E-state index in [4.69, 9.17) is 4.11 Å². The van der Waals surface area contributed by atoms with Crippen molar-refractivity contribution in [3.05, 3.63) is 18.2 Å². The number of aromatic nitrogens is 2. The second-order valence-electron chi connectivity index (χ2n) is 2.34. The van der Waals surface area contributed by atoms with Gasteiger partial charge in [0.25, 0.3) is 0 Å². The highest BCUT2D eigenvalue weighted by molar-refractivity contribution is 7.87. The fourth-order valence-corrected chi connectivity index (χ4v) is 1.48. The molecule has 0 aliphatic heterocycles. The predicted molar refractivity (Wildman–Crippen MR) is 45.0 cm³/mol. The minimum atomic E-state index is -3.82. The lowest BCUT2D eigenvalue weighted by Crippen LogP contribution is -2.29. The first-order chi connectivity index (χ1) is 6.67. The predicted octanol–water partition coefficient (Wildman–Crippen LogP) is -0.154. The van der Waals surface area contributed by atoms with Crippen LogP contribution < -0.4 is 0 Å². The summed E-state index contributed by atoms with van der Waals surface area (Å²) < 4.78 is 46.2. The van der Waals surface area contributed by atoms with Gasteiger partial charge in [0, 0.05) is 30.6 Å². The summed E-state index contributed by atoms with van der Waals surface area (Å²) in [6, 6.07) is 0. The molecule has 0 aromatic carbocycles. The van der Waals surface area contributed by atoms with Crippen molar-refractivity contribution in [2.24, 2.45) is 0 Å². The number of nitrogens with zero attached hydrogens (tertiary/aromatic N) is 3. The molecule has 0 amide bonds. The molecule has 1 heterocycles. The van der Waals surface area contributed by atoms with Crippen LogP contribution in [0.1, 0.15) is 9.94 Å². The molecule has 0 atom stereocenters. The van der Waals surface area contributed by atoms with Gasteiger partial charge in [-0.15, -0.1) is 0 Å². The molecule has 0 fully saturated rings. The van der Waals surface area contributed by atoms with E-state index in [1.165, 1.54) is 14.1 Å². The second kappa shape index (κ2) is 2.87. The average molecular weight is 192 g/mol. The minimum absolute atomic E-state index is 0.462. The highest BCUT2D eigenvalue weighted by Crippen LogP contribution is 2.03. The fraction of sp³-hybridized carbons (Fsp3) is 0.500. The second-order valence-corrected chi connectivity index (χ2v) is 4.36. The average Bonchev–Trinajstić information content (AvgIpc) is 2.49. The van der Waals surface area contributed by atoms with Crippen molar-refractivity contribution in [1.29, 1.82) is 0 Å². The lowest BCUT2D eigenvalue weighted by atomic mass is 10.8. The number of rotatable bonds is 2. The number of hydrogen-bond donors (Lipinski definition) is 0. The summed E-state index contributed by atoms with van der Waals surface area (Å²) in [4.78, 5) is 3.53. The summed E-state index contributed by atoms with van der Waals surface area (Å²) in [7, 11) is -1.18. The van der Waals surface area contributed by atoms with Crippen molar-refractivity contribution in [1.82, 2.24) is 13.3 Å². The quantitative estimate of drug-likeness (QED) is 0.654. The lowest BCUT2D eigenvalue weighted by molar-refractivity contribution is 0.509. The monoisotopic (exact) mass is 192 g/mol. The summed E-state index contributed by atoms with van der Waals surface area (Å²) >= 11 is 0. The lowest BCUT2D eigenvalue weighted by Gasteiger charge is -2.12. The van der Waals surface area contributed by atoms with Gasteiger partial charge in [0.05, 0.1) is 0 Å². The van der Waals surface area contributed by atoms with Crippen LogP contribution in [0, 0.1) is 6.85 Å². The Balaban J connectivity index is 3.36. The van der Waals surface area contributed by atoms with Gasteiger partial charge in [-0.2, -0.15) is 12.7 Å². The number of imidazole rings is 1. The van der Waals surface area contributed by atoms with E-state index >= 15 is 0 Å². The molecule has 5 nitrogen and oxygen atoms in total. The van der Waals surface area contributed by atoms with E-state index in [-0.39, 0.29) is 0 Å². The van der Waals surface area contributed by atoms with Gasteiger partial charge in [0.2, 0.25) is 0 Å². The van der Waals surface area contributed by atoms with Crippen molar-refractivity contribution >= 4 is 10.2 Å². The number of hydrogen-bond acceptors (Lipinski definition) is 3. The first kappa shape index (κ1) is 5.71. The minimum Gasteiger partial charge on any atom is -0.241 e. The molecular weight excluding hydrogens is 178 g/mol. The SMILES string of the molecule is [2H]C([2H])([2H])c1nccn1S(=O)(=O)N(C)C. The van der Waals surface area contributed by atoms with Crippen LogP contribution in [0.2, 0.25) is 0 Å². The summed E-state index contributed by atoms with van der Waals surface area (Å²) in [6.45, 7) is -2.55. The standard InChI is InChI=1S/C6H11N3O2S/c1-6-7-4-5-9(6)12(10,11)8(2)3/h4-5H,1-3H3/i1D3. The van der Waals surface area contributed by atoms with Crippen molar-refractivity contribution in [2.75, 3.05) is 14.1 Å². The Bertz CT molecular complexity index is 448. The van der Waals surface area contributed by atoms with Crippen LogP contribution in [-0.4, -0.2) is 35.8 Å². The van der Waals surface area contributed by atoms with Gasteiger partial charge in [-0.1, -0.05) is 0 Å². The molecule has 0 N–H and O–H groups in total. The van der Waals surface area contributed by atoms with Crippen LogP contribution in [0.5, 0.6) is 0 Å². The normalized spacial score (nSPS) is 17.1. The fourth-order valence-electron chi connectivity index (χ4n) is 0.654. The number of aryl methyl sites for hydroxylation is 1. The van der Waals surface area contributed by atoms with Crippen molar-refractivity contribution < 1.29 is 12.5 Å².